The molecule has 1 aromatic rings. The number of methoxy groups -OCH3 is 1. The number of ether oxygens (including phenoxy) is 1. The van der Waals surface area contributed by atoms with Crippen LogP contribution in [0.15, 0.2) is 24.3 Å². The molecule has 0 saturated heterocycles. The van der Waals surface area contributed by atoms with E-state index in [1.807, 2.05) is 0 Å². The van der Waals surface area contributed by atoms with Crippen LogP contribution in [0.1, 0.15) is 45.6 Å². The second-order valence-electron chi connectivity index (χ2n) is 7.89. The molecule has 0 amide bonds. The minimum absolute atomic E-state index is 0.390. The summed E-state index contributed by atoms with van der Waals surface area (Å²) in [6, 6.07) is 9.30. The standard InChI is InChI=1S/C19H29NO/c1-18(2)15-9-11-19(3,13-15)17(18)20-16-8-6-5-7-14(16)10-12-21-4/h5-8,15,17,20H,9-13H2,1-4H3. The number of anilines is 1. The van der Waals surface area contributed by atoms with Crippen LogP contribution in [-0.4, -0.2) is 19.8 Å². The smallest absolute Gasteiger partial charge is 0.0503 e. The van der Waals surface area contributed by atoms with Gasteiger partial charge in [0.15, 0.2) is 0 Å². The van der Waals surface area contributed by atoms with Gasteiger partial charge in [0.05, 0.1) is 6.61 Å². The van der Waals surface area contributed by atoms with Crippen LogP contribution < -0.4 is 5.32 Å². The second-order valence-corrected chi connectivity index (χ2v) is 7.89. The third-order valence-corrected chi connectivity index (χ3v) is 6.16. The molecule has 2 heteroatoms. The lowest BCUT2D eigenvalue weighted by atomic mass is 9.68. The van der Waals surface area contributed by atoms with Crippen LogP contribution in [0.3, 0.4) is 0 Å². The van der Waals surface area contributed by atoms with Crippen LogP contribution >= 0.6 is 0 Å². The maximum atomic E-state index is 5.25. The number of rotatable bonds is 5. The van der Waals surface area contributed by atoms with Gasteiger partial charge < -0.3 is 10.1 Å². The molecule has 3 unspecified atom stereocenters. The minimum atomic E-state index is 0.390. The zero-order chi connectivity index (χ0) is 15.1. The van der Waals surface area contributed by atoms with E-state index in [0.717, 1.165) is 18.9 Å². The van der Waals surface area contributed by atoms with Gasteiger partial charge in [-0.15, -0.1) is 0 Å². The SMILES string of the molecule is COCCc1ccccc1NC1C2(C)CCC(C2)C1(C)C. The third-order valence-electron chi connectivity index (χ3n) is 6.16. The highest BCUT2D eigenvalue weighted by atomic mass is 16.5. The van der Waals surface area contributed by atoms with E-state index in [0.29, 0.717) is 16.9 Å². The van der Waals surface area contributed by atoms with E-state index in [-0.39, 0.29) is 0 Å². The zero-order valence-corrected chi connectivity index (χ0v) is 13.9. The highest BCUT2D eigenvalue weighted by molar-refractivity contribution is 5.53. The van der Waals surface area contributed by atoms with Gasteiger partial charge in [-0.05, 0) is 54.1 Å². The predicted octanol–water partition coefficient (Wildman–Crippen LogP) is 4.50. The van der Waals surface area contributed by atoms with Crippen molar-refractivity contribution in [3.05, 3.63) is 29.8 Å². The fourth-order valence-corrected chi connectivity index (χ4v) is 4.91. The molecule has 1 N–H and O–H groups in total. The predicted molar refractivity (Wildman–Crippen MR) is 88.7 cm³/mol. The lowest BCUT2D eigenvalue weighted by Crippen LogP contribution is -2.46. The molecule has 2 saturated carbocycles. The third kappa shape index (κ3) is 2.48. The molecular formula is C19H29NO. The first-order valence-corrected chi connectivity index (χ1v) is 8.31. The Balaban J connectivity index is 1.83. The van der Waals surface area contributed by atoms with Crippen molar-refractivity contribution in [3.63, 3.8) is 0 Å². The van der Waals surface area contributed by atoms with Crippen molar-refractivity contribution in [1.29, 1.82) is 0 Å². The summed E-state index contributed by atoms with van der Waals surface area (Å²) >= 11 is 0. The molecule has 0 radical (unpaired) electrons. The Morgan fingerprint density at radius 1 is 1.24 bits per heavy atom. The zero-order valence-electron chi connectivity index (χ0n) is 13.9. The fourth-order valence-electron chi connectivity index (χ4n) is 4.91. The normalized spacial score (nSPS) is 33.3. The topological polar surface area (TPSA) is 21.3 Å². The van der Waals surface area contributed by atoms with Gasteiger partial charge in [-0.25, -0.2) is 0 Å². The van der Waals surface area contributed by atoms with E-state index >= 15 is 0 Å². The van der Waals surface area contributed by atoms with E-state index < -0.39 is 0 Å². The van der Waals surface area contributed by atoms with Gasteiger partial charge in [-0.3, -0.25) is 0 Å². The van der Waals surface area contributed by atoms with E-state index in [1.165, 1.54) is 30.5 Å². The molecule has 0 spiro atoms. The fraction of sp³-hybridized carbons (Fsp3) is 0.684. The average Bonchev–Trinajstić information content (AvgIpc) is 2.93. The molecule has 0 aromatic heterocycles. The molecule has 0 aliphatic heterocycles. The largest absolute Gasteiger partial charge is 0.384 e. The van der Waals surface area contributed by atoms with Crippen molar-refractivity contribution in [2.75, 3.05) is 19.0 Å². The van der Waals surface area contributed by atoms with Crippen molar-refractivity contribution >= 4 is 5.69 Å². The summed E-state index contributed by atoms with van der Waals surface area (Å²) in [5.74, 6) is 0.881. The van der Waals surface area contributed by atoms with Crippen LogP contribution in [0.2, 0.25) is 0 Å². The van der Waals surface area contributed by atoms with E-state index in [1.54, 1.807) is 7.11 Å². The molecular weight excluding hydrogens is 258 g/mol. The molecule has 116 valence electrons. The number of para-hydroxylation sites is 1. The molecule has 2 nitrogen and oxygen atoms in total. The van der Waals surface area contributed by atoms with E-state index in [2.05, 4.69) is 50.4 Å². The molecule has 2 aliphatic rings. The monoisotopic (exact) mass is 287 g/mol. The number of benzene rings is 1. The summed E-state index contributed by atoms with van der Waals surface area (Å²) in [6.07, 6.45) is 5.15. The Morgan fingerprint density at radius 2 is 2.00 bits per heavy atom. The second kappa shape index (κ2) is 5.31. The summed E-state index contributed by atoms with van der Waals surface area (Å²) in [6.45, 7) is 8.18. The number of hydrogen-bond acceptors (Lipinski definition) is 2. The molecule has 2 aliphatic carbocycles. The van der Waals surface area contributed by atoms with Gasteiger partial charge in [0.2, 0.25) is 0 Å². The van der Waals surface area contributed by atoms with E-state index in [9.17, 15) is 0 Å². The first-order valence-electron chi connectivity index (χ1n) is 8.31. The highest BCUT2D eigenvalue weighted by Crippen LogP contribution is 2.63. The highest BCUT2D eigenvalue weighted by Gasteiger charge is 2.59. The number of nitrogens with one attached hydrogen (secondary N) is 1. The van der Waals surface area contributed by atoms with E-state index in [4.69, 9.17) is 4.74 Å². The van der Waals surface area contributed by atoms with Crippen LogP contribution in [0.25, 0.3) is 0 Å². The molecule has 3 rings (SSSR count). The maximum Gasteiger partial charge on any atom is 0.0503 e. The van der Waals surface area contributed by atoms with Crippen LogP contribution in [0, 0.1) is 16.7 Å². The Kier molecular flexibility index (Phi) is 3.77. The Labute approximate surface area is 129 Å². The van der Waals surface area contributed by atoms with Crippen LogP contribution in [-0.2, 0) is 11.2 Å². The lowest BCUT2D eigenvalue weighted by Gasteiger charge is -2.44. The quantitative estimate of drug-likeness (QED) is 0.860. The lowest BCUT2D eigenvalue weighted by molar-refractivity contribution is 0.155. The number of hydrogen-bond donors (Lipinski definition) is 1. The Hall–Kier alpha value is -1.02. The number of fused-ring (bicyclic) bond motifs is 2. The first kappa shape index (κ1) is 14.9. The van der Waals surface area contributed by atoms with Gasteiger partial charge >= 0.3 is 0 Å². The van der Waals surface area contributed by atoms with Gasteiger partial charge in [0, 0.05) is 18.8 Å². The Bertz CT molecular complexity index is 505. The van der Waals surface area contributed by atoms with Crippen molar-refractivity contribution in [2.45, 2.75) is 52.5 Å². The first-order chi connectivity index (χ1) is 9.97. The van der Waals surface area contributed by atoms with Gasteiger partial charge in [0.25, 0.3) is 0 Å². The average molecular weight is 287 g/mol. The van der Waals surface area contributed by atoms with Gasteiger partial charge in [0.1, 0.15) is 0 Å². The van der Waals surface area contributed by atoms with Crippen LogP contribution in [0.5, 0.6) is 0 Å². The summed E-state index contributed by atoms with van der Waals surface area (Å²) in [7, 11) is 1.77. The minimum Gasteiger partial charge on any atom is -0.384 e. The summed E-state index contributed by atoms with van der Waals surface area (Å²) < 4.78 is 5.25. The summed E-state index contributed by atoms with van der Waals surface area (Å²) in [5.41, 5.74) is 3.53. The maximum absolute atomic E-state index is 5.25. The summed E-state index contributed by atoms with van der Waals surface area (Å²) in [5, 5.41) is 3.93. The van der Waals surface area contributed by atoms with Crippen molar-refractivity contribution in [3.8, 4) is 0 Å². The summed E-state index contributed by atoms with van der Waals surface area (Å²) in [4.78, 5) is 0. The van der Waals surface area contributed by atoms with Gasteiger partial charge in [-0.1, -0.05) is 39.0 Å². The molecule has 3 atom stereocenters. The van der Waals surface area contributed by atoms with Crippen molar-refractivity contribution in [1.82, 2.24) is 0 Å². The molecule has 0 heterocycles. The molecule has 2 fully saturated rings. The van der Waals surface area contributed by atoms with Crippen LogP contribution in [0.4, 0.5) is 5.69 Å². The van der Waals surface area contributed by atoms with Crippen molar-refractivity contribution in [2.24, 2.45) is 16.7 Å². The molecule has 2 bridgehead atoms. The van der Waals surface area contributed by atoms with Gasteiger partial charge in [-0.2, -0.15) is 0 Å². The Morgan fingerprint density at radius 3 is 2.67 bits per heavy atom. The molecule has 1 aromatic carbocycles. The van der Waals surface area contributed by atoms with Crippen molar-refractivity contribution < 1.29 is 4.74 Å². The molecule has 21 heavy (non-hydrogen) atoms.